The van der Waals surface area contributed by atoms with Crippen LogP contribution < -0.4 is 0 Å². The Kier molecular flexibility index (Phi) is 5.68. The third-order valence-electron chi connectivity index (χ3n) is 4.71. The molecule has 1 aliphatic heterocycles. The van der Waals surface area contributed by atoms with Crippen LogP contribution >= 0.6 is 0 Å². The number of fused-ring (bicyclic) bond motifs is 1. The highest BCUT2D eigenvalue weighted by molar-refractivity contribution is 5.83. The summed E-state index contributed by atoms with van der Waals surface area (Å²) in [4.78, 5) is 0. The number of methoxy groups -OCH3 is 1. The molecule has 0 bridgehead atoms. The maximum Gasteiger partial charge on any atom is 0.183 e. The van der Waals surface area contributed by atoms with Gasteiger partial charge in [-0.3, -0.25) is 0 Å². The van der Waals surface area contributed by atoms with Gasteiger partial charge >= 0.3 is 0 Å². The van der Waals surface area contributed by atoms with Crippen molar-refractivity contribution < 1.29 is 18.6 Å². The predicted molar refractivity (Wildman–Crippen MR) is 106 cm³/mol. The van der Waals surface area contributed by atoms with Crippen LogP contribution in [0.2, 0.25) is 0 Å². The van der Waals surface area contributed by atoms with Crippen molar-refractivity contribution in [3.63, 3.8) is 0 Å². The number of benzene rings is 3. The molecule has 4 heteroatoms. The van der Waals surface area contributed by atoms with Crippen molar-refractivity contribution in [3.8, 4) is 11.8 Å². The lowest BCUT2D eigenvalue weighted by molar-refractivity contribution is -0.211. The van der Waals surface area contributed by atoms with E-state index < -0.39 is 0 Å². The van der Waals surface area contributed by atoms with Gasteiger partial charge in [0.05, 0.1) is 19.8 Å². The summed E-state index contributed by atoms with van der Waals surface area (Å²) in [5.74, 6) is 6.39. The van der Waals surface area contributed by atoms with Crippen molar-refractivity contribution in [3.05, 3.63) is 83.2 Å². The molecule has 0 aliphatic carbocycles. The van der Waals surface area contributed by atoms with Crippen molar-refractivity contribution >= 4 is 10.8 Å². The molecule has 1 aliphatic rings. The van der Waals surface area contributed by atoms with E-state index >= 15 is 0 Å². The topological polar surface area (TPSA) is 27.7 Å². The molecule has 1 fully saturated rings. The summed E-state index contributed by atoms with van der Waals surface area (Å²) in [7, 11) is 1.68. The SMILES string of the molecule is COCC1COC(c2ccc(C#Cc3ccc4cc(F)ccc4c3)cc2)OC1. The third-order valence-corrected chi connectivity index (χ3v) is 4.71. The van der Waals surface area contributed by atoms with Gasteiger partial charge in [0.15, 0.2) is 6.29 Å². The Morgan fingerprint density at radius 2 is 1.54 bits per heavy atom. The molecule has 0 N–H and O–H groups in total. The van der Waals surface area contributed by atoms with Crippen LogP contribution in [0.25, 0.3) is 10.8 Å². The summed E-state index contributed by atoms with van der Waals surface area (Å²) < 4.78 is 30.0. The molecule has 3 aromatic rings. The monoisotopic (exact) mass is 376 g/mol. The van der Waals surface area contributed by atoms with Crippen LogP contribution in [0.3, 0.4) is 0 Å². The fourth-order valence-electron chi connectivity index (χ4n) is 3.23. The standard InChI is InChI=1S/C24H21FO3/c1-26-14-19-15-27-24(28-16-19)20-7-4-17(5-8-20)2-3-18-6-9-22-13-23(25)11-10-21(22)12-18/h4-13,19,24H,14-16H2,1H3. The molecule has 0 unspecified atom stereocenters. The molecule has 0 saturated carbocycles. The van der Waals surface area contributed by atoms with Gasteiger partial charge in [-0.2, -0.15) is 0 Å². The van der Waals surface area contributed by atoms with Gasteiger partial charge in [0.1, 0.15) is 5.82 Å². The zero-order chi connectivity index (χ0) is 19.3. The van der Waals surface area contributed by atoms with E-state index in [1.807, 2.05) is 42.5 Å². The smallest absolute Gasteiger partial charge is 0.183 e. The largest absolute Gasteiger partial charge is 0.384 e. The van der Waals surface area contributed by atoms with Gasteiger partial charge in [0.25, 0.3) is 0 Å². The Labute approximate surface area is 164 Å². The van der Waals surface area contributed by atoms with Crippen LogP contribution in [-0.2, 0) is 14.2 Å². The average molecular weight is 376 g/mol. The normalized spacial score (nSPS) is 19.2. The summed E-state index contributed by atoms with van der Waals surface area (Å²) >= 11 is 0. The van der Waals surface area contributed by atoms with E-state index in [0.717, 1.165) is 27.5 Å². The van der Waals surface area contributed by atoms with Crippen molar-refractivity contribution in [2.24, 2.45) is 5.92 Å². The van der Waals surface area contributed by atoms with Crippen LogP contribution in [0.1, 0.15) is 23.0 Å². The van der Waals surface area contributed by atoms with Gasteiger partial charge in [-0.15, -0.1) is 0 Å². The van der Waals surface area contributed by atoms with Crippen molar-refractivity contribution in [1.29, 1.82) is 0 Å². The highest BCUT2D eigenvalue weighted by Crippen LogP contribution is 2.25. The second-order valence-corrected chi connectivity index (χ2v) is 6.90. The highest BCUT2D eigenvalue weighted by Gasteiger charge is 2.23. The summed E-state index contributed by atoms with van der Waals surface area (Å²) in [5, 5.41) is 1.84. The van der Waals surface area contributed by atoms with Crippen molar-refractivity contribution in [2.75, 3.05) is 26.9 Å². The highest BCUT2D eigenvalue weighted by atomic mass is 19.1. The zero-order valence-electron chi connectivity index (χ0n) is 15.7. The molecular weight excluding hydrogens is 355 g/mol. The molecule has 0 spiro atoms. The number of halogens is 1. The molecule has 3 nitrogen and oxygen atoms in total. The molecule has 0 aromatic heterocycles. The number of rotatable bonds is 3. The second kappa shape index (κ2) is 8.53. The van der Waals surface area contributed by atoms with Crippen LogP contribution in [0, 0.1) is 23.6 Å². The fraction of sp³-hybridized carbons (Fsp3) is 0.250. The summed E-state index contributed by atoms with van der Waals surface area (Å²) in [6, 6.07) is 18.4. The minimum absolute atomic E-state index is 0.230. The maximum absolute atomic E-state index is 13.3. The van der Waals surface area contributed by atoms with Gasteiger partial charge in [-0.05, 0) is 47.2 Å². The first-order valence-corrected chi connectivity index (χ1v) is 9.25. The molecule has 0 radical (unpaired) electrons. The molecule has 0 amide bonds. The number of hydrogen-bond acceptors (Lipinski definition) is 3. The Balaban J connectivity index is 1.43. The second-order valence-electron chi connectivity index (χ2n) is 6.90. The van der Waals surface area contributed by atoms with Crippen LogP contribution in [0.4, 0.5) is 4.39 Å². The zero-order valence-corrected chi connectivity index (χ0v) is 15.7. The first-order chi connectivity index (χ1) is 13.7. The summed E-state index contributed by atoms with van der Waals surface area (Å²) in [6.45, 7) is 1.91. The van der Waals surface area contributed by atoms with E-state index in [1.54, 1.807) is 13.2 Å². The molecule has 0 atom stereocenters. The average Bonchev–Trinajstić information content (AvgIpc) is 2.73. The Hall–Kier alpha value is -2.71. The Bertz CT molecular complexity index is 1010. The summed E-state index contributed by atoms with van der Waals surface area (Å²) in [6.07, 6.45) is -0.337. The Morgan fingerprint density at radius 3 is 2.29 bits per heavy atom. The molecule has 4 rings (SSSR count). The van der Waals surface area contributed by atoms with Gasteiger partial charge in [0, 0.05) is 29.7 Å². The Morgan fingerprint density at radius 1 is 0.893 bits per heavy atom. The van der Waals surface area contributed by atoms with Gasteiger partial charge in [0.2, 0.25) is 0 Å². The summed E-state index contributed by atoms with van der Waals surface area (Å²) in [5.41, 5.74) is 2.79. The lowest BCUT2D eigenvalue weighted by Gasteiger charge is -2.29. The van der Waals surface area contributed by atoms with Crippen molar-refractivity contribution in [1.82, 2.24) is 0 Å². The minimum Gasteiger partial charge on any atom is -0.384 e. The van der Waals surface area contributed by atoms with Gasteiger partial charge in [-0.1, -0.05) is 36.1 Å². The lowest BCUT2D eigenvalue weighted by atomic mass is 10.1. The fourth-order valence-corrected chi connectivity index (χ4v) is 3.23. The molecule has 1 saturated heterocycles. The molecule has 28 heavy (non-hydrogen) atoms. The van der Waals surface area contributed by atoms with Crippen molar-refractivity contribution in [2.45, 2.75) is 6.29 Å². The quantitative estimate of drug-likeness (QED) is 0.621. The molecule has 3 aromatic carbocycles. The van der Waals surface area contributed by atoms with E-state index in [-0.39, 0.29) is 18.0 Å². The van der Waals surface area contributed by atoms with E-state index in [9.17, 15) is 4.39 Å². The van der Waals surface area contributed by atoms with Crippen LogP contribution in [0.5, 0.6) is 0 Å². The molecule has 1 heterocycles. The minimum atomic E-state index is -0.337. The van der Waals surface area contributed by atoms with E-state index in [1.165, 1.54) is 12.1 Å². The maximum atomic E-state index is 13.3. The molecule has 142 valence electrons. The van der Waals surface area contributed by atoms with E-state index in [2.05, 4.69) is 11.8 Å². The number of hydrogen-bond donors (Lipinski definition) is 0. The van der Waals surface area contributed by atoms with E-state index in [0.29, 0.717) is 19.8 Å². The third kappa shape index (κ3) is 4.40. The first kappa shape index (κ1) is 18.6. The van der Waals surface area contributed by atoms with Crippen LogP contribution in [-0.4, -0.2) is 26.9 Å². The van der Waals surface area contributed by atoms with Crippen LogP contribution in [0.15, 0.2) is 60.7 Å². The van der Waals surface area contributed by atoms with Gasteiger partial charge < -0.3 is 14.2 Å². The first-order valence-electron chi connectivity index (χ1n) is 9.25. The lowest BCUT2D eigenvalue weighted by Crippen LogP contribution is -2.29. The van der Waals surface area contributed by atoms with E-state index in [4.69, 9.17) is 14.2 Å². The van der Waals surface area contributed by atoms with Gasteiger partial charge in [-0.25, -0.2) is 4.39 Å². The number of ether oxygens (including phenoxy) is 3. The predicted octanol–water partition coefficient (Wildman–Crippen LogP) is 4.69. The molecular formula is C24H21FO3.